The standard InChI is InChI=1S/C16H16ClF2NO5S/c17-13-4-2-1-3-12(13)15(22)25-9-14(21)20-10-5-7-11(8-6-10)26(23,24)16(18)19/h5-8,16H,1-4,9H2,(H,20,21). The van der Waals surface area contributed by atoms with Crippen LogP contribution in [0, 0.1) is 0 Å². The number of sulfone groups is 1. The highest BCUT2D eigenvalue weighted by Gasteiger charge is 2.26. The van der Waals surface area contributed by atoms with Crippen LogP contribution in [0.25, 0.3) is 0 Å². The van der Waals surface area contributed by atoms with Crippen molar-refractivity contribution in [1.82, 2.24) is 0 Å². The van der Waals surface area contributed by atoms with Gasteiger partial charge < -0.3 is 10.1 Å². The molecule has 0 saturated carbocycles. The maximum atomic E-state index is 12.4. The minimum Gasteiger partial charge on any atom is -0.452 e. The highest BCUT2D eigenvalue weighted by Crippen LogP contribution is 2.28. The smallest absolute Gasteiger partial charge is 0.341 e. The summed E-state index contributed by atoms with van der Waals surface area (Å²) in [4.78, 5) is 23.1. The molecule has 26 heavy (non-hydrogen) atoms. The number of amides is 1. The molecule has 0 atom stereocenters. The van der Waals surface area contributed by atoms with E-state index in [1.54, 1.807) is 0 Å². The number of carbonyl (C=O) groups is 2. The Kier molecular flexibility index (Phi) is 6.71. The predicted octanol–water partition coefficient (Wildman–Crippen LogP) is 3.23. The third-order valence-electron chi connectivity index (χ3n) is 3.68. The number of anilines is 1. The number of rotatable bonds is 6. The summed E-state index contributed by atoms with van der Waals surface area (Å²) in [5.41, 5.74) is 0.543. The number of nitrogens with one attached hydrogen (secondary N) is 1. The first-order valence-electron chi connectivity index (χ1n) is 7.68. The molecule has 2 rings (SSSR count). The van der Waals surface area contributed by atoms with Crippen molar-refractivity contribution in [2.24, 2.45) is 0 Å². The molecule has 0 radical (unpaired) electrons. The first-order valence-corrected chi connectivity index (χ1v) is 9.61. The van der Waals surface area contributed by atoms with Gasteiger partial charge in [-0.1, -0.05) is 11.6 Å². The largest absolute Gasteiger partial charge is 0.452 e. The van der Waals surface area contributed by atoms with Crippen molar-refractivity contribution in [3.63, 3.8) is 0 Å². The summed E-state index contributed by atoms with van der Waals surface area (Å²) < 4.78 is 52.4. The van der Waals surface area contributed by atoms with E-state index in [0.717, 1.165) is 37.1 Å². The molecule has 0 unspecified atom stereocenters. The molecule has 10 heteroatoms. The average Bonchev–Trinajstić information content (AvgIpc) is 2.60. The second-order valence-electron chi connectivity index (χ2n) is 5.54. The van der Waals surface area contributed by atoms with E-state index >= 15 is 0 Å². The van der Waals surface area contributed by atoms with Gasteiger partial charge in [0.2, 0.25) is 9.84 Å². The normalized spacial score (nSPS) is 15.1. The Morgan fingerprint density at radius 3 is 2.35 bits per heavy atom. The number of esters is 1. The van der Waals surface area contributed by atoms with E-state index in [1.807, 2.05) is 0 Å². The lowest BCUT2D eigenvalue weighted by atomic mass is 9.99. The van der Waals surface area contributed by atoms with E-state index in [1.165, 1.54) is 0 Å². The van der Waals surface area contributed by atoms with Crippen molar-refractivity contribution in [1.29, 1.82) is 0 Å². The van der Waals surface area contributed by atoms with Crippen LogP contribution in [-0.2, 0) is 24.2 Å². The van der Waals surface area contributed by atoms with Gasteiger partial charge in [-0.2, -0.15) is 8.78 Å². The first-order chi connectivity index (χ1) is 12.2. The summed E-state index contributed by atoms with van der Waals surface area (Å²) >= 11 is 5.97. The van der Waals surface area contributed by atoms with Crippen LogP contribution in [0.4, 0.5) is 14.5 Å². The van der Waals surface area contributed by atoms with Crippen LogP contribution in [0.3, 0.4) is 0 Å². The maximum absolute atomic E-state index is 12.4. The van der Waals surface area contributed by atoms with Crippen LogP contribution in [0.2, 0.25) is 0 Å². The fourth-order valence-electron chi connectivity index (χ4n) is 2.33. The molecular formula is C16H16ClF2NO5S. The van der Waals surface area contributed by atoms with Crippen LogP contribution >= 0.6 is 11.6 Å². The molecule has 0 aromatic heterocycles. The molecular weight excluding hydrogens is 392 g/mol. The minimum atomic E-state index is -4.69. The molecule has 0 spiro atoms. The summed E-state index contributed by atoms with van der Waals surface area (Å²) in [5.74, 6) is -4.83. The van der Waals surface area contributed by atoms with E-state index in [0.29, 0.717) is 23.4 Å². The number of hydrogen-bond donors (Lipinski definition) is 1. The fraction of sp³-hybridized carbons (Fsp3) is 0.375. The second-order valence-corrected chi connectivity index (χ2v) is 7.92. The van der Waals surface area contributed by atoms with Gasteiger partial charge in [0, 0.05) is 10.7 Å². The van der Waals surface area contributed by atoms with Gasteiger partial charge >= 0.3 is 11.7 Å². The average molecular weight is 408 g/mol. The van der Waals surface area contributed by atoms with E-state index in [9.17, 15) is 26.8 Å². The molecule has 1 N–H and O–H groups in total. The predicted molar refractivity (Wildman–Crippen MR) is 90.6 cm³/mol. The molecule has 0 fully saturated rings. The van der Waals surface area contributed by atoms with Crippen molar-refractivity contribution < 1.29 is 31.5 Å². The lowest BCUT2D eigenvalue weighted by molar-refractivity contribution is -0.143. The van der Waals surface area contributed by atoms with Crippen molar-refractivity contribution in [2.45, 2.75) is 36.3 Å². The van der Waals surface area contributed by atoms with Gasteiger partial charge in [0.15, 0.2) is 6.61 Å². The highest BCUT2D eigenvalue weighted by molar-refractivity contribution is 7.91. The van der Waals surface area contributed by atoms with Gasteiger partial charge in [0.05, 0.1) is 10.5 Å². The molecule has 0 bridgehead atoms. The lowest BCUT2D eigenvalue weighted by Crippen LogP contribution is -2.22. The van der Waals surface area contributed by atoms with E-state index in [-0.39, 0.29) is 5.69 Å². The van der Waals surface area contributed by atoms with Gasteiger partial charge in [-0.3, -0.25) is 4.79 Å². The van der Waals surface area contributed by atoms with E-state index in [2.05, 4.69) is 5.32 Å². The van der Waals surface area contributed by atoms with Crippen LogP contribution in [0.15, 0.2) is 39.8 Å². The summed E-state index contributed by atoms with van der Waals surface area (Å²) in [7, 11) is -4.69. The molecule has 1 aromatic rings. The van der Waals surface area contributed by atoms with Gasteiger partial charge in [0.25, 0.3) is 5.91 Å². The monoisotopic (exact) mass is 407 g/mol. The Morgan fingerprint density at radius 1 is 1.15 bits per heavy atom. The van der Waals surface area contributed by atoms with Crippen molar-refractivity contribution in [3.8, 4) is 0 Å². The topological polar surface area (TPSA) is 89.5 Å². The van der Waals surface area contributed by atoms with Crippen LogP contribution in [0.5, 0.6) is 0 Å². The Bertz CT molecular complexity index is 822. The zero-order valence-electron chi connectivity index (χ0n) is 13.5. The molecule has 0 saturated heterocycles. The van der Waals surface area contributed by atoms with Gasteiger partial charge in [-0.15, -0.1) is 0 Å². The van der Waals surface area contributed by atoms with Crippen LogP contribution < -0.4 is 5.32 Å². The fourth-order valence-corrected chi connectivity index (χ4v) is 3.35. The SMILES string of the molecule is O=C(COC(=O)C1=C(Cl)CCCC1)Nc1ccc(S(=O)(=O)C(F)F)cc1. The number of hydrogen-bond acceptors (Lipinski definition) is 5. The lowest BCUT2D eigenvalue weighted by Gasteiger charge is -2.15. The molecule has 0 aliphatic heterocycles. The Hall–Kier alpha value is -2.00. The Morgan fingerprint density at radius 2 is 1.77 bits per heavy atom. The van der Waals surface area contributed by atoms with Crippen LogP contribution in [-0.4, -0.2) is 32.7 Å². The molecule has 1 aliphatic rings. The number of carbonyl (C=O) groups excluding carboxylic acids is 2. The first kappa shape index (κ1) is 20.3. The number of halogens is 3. The van der Waals surface area contributed by atoms with Gasteiger partial charge in [0.1, 0.15) is 0 Å². The van der Waals surface area contributed by atoms with Crippen LogP contribution in [0.1, 0.15) is 25.7 Å². The van der Waals surface area contributed by atoms with Crippen molar-refractivity contribution in [2.75, 3.05) is 11.9 Å². The quantitative estimate of drug-likeness (QED) is 0.731. The van der Waals surface area contributed by atoms with Gasteiger partial charge in [-0.05, 0) is 49.9 Å². The summed E-state index contributed by atoms with van der Waals surface area (Å²) in [6, 6.07) is 4.23. The van der Waals surface area contributed by atoms with E-state index < -0.39 is 39.0 Å². The third kappa shape index (κ3) is 5.01. The summed E-state index contributed by atoms with van der Waals surface area (Å²) in [6.45, 7) is -0.552. The number of benzene rings is 1. The molecule has 1 aromatic carbocycles. The molecule has 6 nitrogen and oxygen atoms in total. The van der Waals surface area contributed by atoms with Crippen molar-refractivity contribution in [3.05, 3.63) is 34.9 Å². The zero-order chi connectivity index (χ0) is 19.3. The Labute approximate surface area is 154 Å². The maximum Gasteiger partial charge on any atom is 0.341 e. The summed E-state index contributed by atoms with van der Waals surface area (Å²) in [6.07, 6.45) is 2.82. The molecule has 0 heterocycles. The zero-order valence-corrected chi connectivity index (χ0v) is 15.1. The Balaban J connectivity index is 1.91. The second kappa shape index (κ2) is 8.59. The molecule has 1 aliphatic carbocycles. The number of allylic oxidation sites excluding steroid dienone is 1. The number of ether oxygens (including phenoxy) is 1. The third-order valence-corrected chi connectivity index (χ3v) is 5.50. The molecule has 142 valence electrons. The number of alkyl halides is 2. The van der Waals surface area contributed by atoms with Gasteiger partial charge in [-0.25, -0.2) is 13.2 Å². The summed E-state index contributed by atoms with van der Waals surface area (Å²) in [5, 5.41) is 2.81. The minimum absolute atomic E-state index is 0.175. The molecule has 1 amide bonds. The highest BCUT2D eigenvalue weighted by atomic mass is 35.5. The van der Waals surface area contributed by atoms with Crippen molar-refractivity contribution >= 4 is 39.0 Å². The van der Waals surface area contributed by atoms with E-state index in [4.69, 9.17) is 16.3 Å².